The first-order chi connectivity index (χ1) is 15.7. The number of nitrogens with zero attached hydrogens (tertiary/aromatic N) is 3. The monoisotopic (exact) mass is 486 g/mol. The zero-order valence-corrected chi connectivity index (χ0v) is 20.0. The quantitative estimate of drug-likeness (QED) is 0.652. The number of rotatable bonds is 5. The Morgan fingerprint density at radius 1 is 1.18 bits per heavy atom. The number of fused-ring (bicyclic) bond motifs is 2. The summed E-state index contributed by atoms with van der Waals surface area (Å²) in [6, 6.07) is 12.9. The Hall–Kier alpha value is -3.04. The van der Waals surface area contributed by atoms with Gasteiger partial charge in [-0.3, -0.25) is 14.4 Å². The Bertz CT molecular complexity index is 1150. The van der Waals surface area contributed by atoms with E-state index in [2.05, 4.69) is 10.4 Å². The molecule has 4 rings (SSSR count). The molecule has 0 radical (unpaired) electrons. The van der Waals surface area contributed by atoms with Crippen LogP contribution in [0.4, 0.5) is 5.69 Å². The third-order valence-electron chi connectivity index (χ3n) is 5.28. The summed E-state index contributed by atoms with van der Waals surface area (Å²) in [5.74, 6) is -0.325. The molecule has 2 aromatic rings. The number of hydrogen-bond donors (Lipinski definition) is 1. The van der Waals surface area contributed by atoms with Crippen molar-refractivity contribution >= 4 is 51.9 Å². The second kappa shape index (κ2) is 9.07. The van der Waals surface area contributed by atoms with E-state index in [9.17, 15) is 14.4 Å². The minimum atomic E-state index is -1.46. The number of amidine groups is 1. The summed E-state index contributed by atoms with van der Waals surface area (Å²) in [7, 11) is 0. The van der Waals surface area contributed by atoms with Gasteiger partial charge < -0.3 is 15.0 Å². The Labute approximate surface area is 200 Å². The lowest BCUT2D eigenvalue weighted by molar-refractivity contribution is -0.139. The average molecular weight is 487 g/mol. The molecule has 8 nitrogen and oxygen atoms in total. The number of hydrazone groups is 1. The van der Waals surface area contributed by atoms with Crippen LogP contribution in [0.3, 0.4) is 0 Å². The fourth-order valence-electron chi connectivity index (χ4n) is 3.85. The van der Waals surface area contributed by atoms with E-state index in [1.54, 1.807) is 23.1 Å². The Morgan fingerprint density at radius 3 is 2.58 bits per heavy atom. The highest BCUT2D eigenvalue weighted by Gasteiger charge is 2.61. The van der Waals surface area contributed by atoms with E-state index in [4.69, 9.17) is 16.3 Å². The van der Waals surface area contributed by atoms with Gasteiger partial charge >= 0.3 is 0 Å². The highest BCUT2D eigenvalue weighted by atomic mass is 35.5. The van der Waals surface area contributed by atoms with Gasteiger partial charge in [-0.05, 0) is 55.4 Å². The number of thioether (sulfide) groups is 1. The van der Waals surface area contributed by atoms with Crippen molar-refractivity contribution in [2.75, 3.05) is 18.1 Å². The standard InChI is InChI=1S/C23H23ClN4O4S/c1-14-5-8-18(9-6-14)32-12-4-11-27-20-10-7-17(24)13-19(20)23(21(27)31)28(16(3)30)26-22(33-23)25-15(2)29/h5-10,13H,4,11-12H2,1-3H3,(H,25,26,29)/t23-/m0/s1. The van der Waals surface area contributed by atoms with Crippen molar-refractivity contribution in [1.29, 1.82) is 0 Å². The first kappa shape index (κ1) is 23.1. The summed E-state index contributed by atoms with van der Waals surface area (Å²) in [5, 5.41) is 8.57. The third kappa shape index (κ3) is 4.30. The van der Waals surface area contributed by atoms with Crippen LogP contribution in [0.5, 0.6) is 5.75 Å². The van der Waals surface area contributed by atoms with E-state index >= 15 is 0 Å². The number of hydrogen-bond acceptors (Lipinski definition) is 6. The van der Waals surface area contributed by atoms with Crippen LogP contribution >= 0.6 is 23.4 Å². The summed E-state index contributed by atoms with van der Waals surface area (Å²) in [4.78, 5) is 38.0. The van der Waals surface area contributed by atoms with Gasteiger partial charge in [0.1, 0.15) is 5.75 Å². The molecule has 0 unspecified atom stereocenters. The van der Waals surface area contributed by atoms with E-state index in [-0.39, 0.29) is 17.0 Å². The lowest BCUT2D eigenvalue weighted by Crippen LogP contribution is -2.48. The van der Waals surface area contributed by atoms with Gasteiger partial charge in [0.05, 0.1) is 12.3 Å². The molecular weight excluding hydrogens is 464 g/mol. The van der Waals surface area contributed by atoms with E-state index in [0.29, 0.717) is 35.8 Å². The van der Waals surface area contributed by atoms with Gasteiger partial charge in [0.15, 0.2) is 5.17 Å². The fourth-order valence-corrected chi connectivity index (χ4v) is 5.35. The molecule has 0 aliphatic carbocycles. The van der Waals surface area contributed by atoms with Crippen molar-refractivity contribution in [2.24, 2.45) is 5.10 Å². The van der Waals surface area contributed by atoms with Crippen LogP contribution in [-0.4, -0.2) is 41.0 Å². The fraction of sp³-hybridized carbons (Fsp3) is 0.304. The summed E-state index contributed by atoms with van der Waals surface area (Å²) in [6.45, 7) is 5.48. The molecule has 2 aromatic carbocycles. The third-order valence-corrected chi connectivity index (χ3v) is 6.76. The molecule has 2 heterocycles. The van der Waals surface area contributed by atoms with Gasteiger partial charge in [0, 0.05) is 31.0 Å². The van der Waals surface area contributed by atoms with Crippen LogP contribution in [0.2, 0.25) is 5.02 Å². The first-order valence-corrected chi connectivity index (χ1v) is 11.6. The van der Waals surface area contributed by atoms with Gasteiger partial charge in [-0.25, -0.2) is 0 Å². The summed E-state index contributed by atoms with van der Waals surface area (Å²) < 4.78 is 5.80. The van der Waals surface area contributed by atoms with Crippen LogP contribution in [-0.2, 0) is 19.3 Å². The minimum Gasteiger partial charge on any atom is -0.494 e. The maximum atomic E-state index is 13.8. The number of benzene rings is 2. The van der Waals surface area contributed by atoms with E-state index < -0.39 is 10.8 Å². The molecule has 172 valence electrons. The SMILES string of the molecule is CC(=O)NC1=NN(C(C)=O)[C@@]2(S1)C(=O)N(CCCOc1ccc(C)cc1)c1ccc(Cl)cc12. The van der Waals surface area contributed by atoms with Crippen LogP contribution in [0.15, 0.2) is 47.6 Å². The maximum absolute atomic E-state index is 13.8. The van der Waals surface area contributed by atoms with Gasteiger partial charge in [-0.2, -0.15) is 5.01 Å². The molecule has 1 atom stereocenters. The molecule has 33 heavy (non-hydrogen) atoms. The van der Waals surface area contributed by atoms with Crippen molar-refractivity contribution in [3.8, 4) is 5.75 Å². The Balaban J connectivity index is 1.58. The predicted molar refractivity (Wildman–Crippen MR) is 128 cm³/mol. The molecule has 0 aromatic heterocycles. The minimum absolute atomic E-state index is 0.182. The van der Waals surface area contributed by atoms with Crippen molar-refractivity contribution in [3.05, 3.63) is 58.6 Å². The van der Waals surface area contributed by atoms with Crippen molar-refractivity contribution in [2.45, 2.75) is 32.1 Å². The zero-order valence-electron chi connectivity index (χ0n) is 18.4. The van der Waals surface area contributed by atoms with E-state index in [0.717, 1.165) is 28.1 Å². The first-order valence-electron chi connectivity index (χ1n) is 10.4. The Kier molecular flexibility index (Phi) is 6.36. The molecule has 2 aliphatic heterocycles. The van der Waals surface area contributed by atoms with Crippen LogP contribution in [0.25, 0.3) is 0 Å². The van der Waals surface area contributed by atoms with Gasteiger partial charge in [-0.1, -0.05) is 29.3 Å². The maximum Gasteiger partial charge on any atom is 0.270 e. The number of ether oxygens (including phenoxy) is 1. The lowest BCUT2D eigenvalue weighted by Gasteiger charge is -2.29. The highest BCUT2D eigenvalue weighted by Crippen LogP contribution is 2.54. The van der Waals surface area contributed by atoms with Crippen LogP contribution in [0.1, 0.15) is 31.4 Å². The summed E-state index contributed by atoms with van der Waals surface area (Å²) in [5.41, 5.74) is 2.36. The van der Waals surface area contributed by atoms with Crippen LogP contribution in [0, 0.1) is 6.92 Å². The van der Waals surface area contributed by atoms with Crippen molar-refractivity contribution in [1.82, 2.24) is 10.3 Å². The molecule has 2 aliphatic rings. The predicted octanol–water partition coefficient (Wildman–Crippen LogP) is 3.62. The zero-order chi connectivity index (χ0) is 23.8. The number of carbonyl (C=O) groups is 3. The smallest absolute Gasteiger partial charge is 0.270 e. The Morgan fingerprint density at radius 2 is 1.91 bits per heavy atom. The molecule has 0 fully saturated rings. The molecule has 3 amide bonds. The highest BCUT2D eigenvalue weighted by molar-refractivity contribution is 8.15. The normalized spacial score (nSPS) is 19.0. The largest absolute Gasteiger partial charge is 0.494 e. The number of aryl methyl sites for hydroxylation is 1. The number of anilines is 1. The van der Waals surface area contributed by atoms with Gasteiger partial charge in [-0.15, -0.1) is 5.10 Å². The van der Waals surface area contributed by atoms with Crippen LogP contribution < -0.4 is 15.0 Å². The summed E-state index contributed by atoms with van der Waals surface area (Å²) in [6.07, 6.45) is 0.571. The van der Waals surface area contributed by atoms with Crippen molar-refractivity contribution < 1.29 is 19.1 Å². The topological polar surface area (TPSA) is 91.3 Å². The number of carbonyl (C=O) groups excluding carboxylic acids is 3. The molecular formula is C23H23ClN4O4S. The molecule has 1 N–H and O–H groups in total. The lowest BCUT2D eigenvalue weighted by atomic mass is 10.1. The summed E-state index contributed by atoms with van der Waals surface area (Å²) >= 11 is 7.29. The molecule has 0 bridgehead atoms. The number of nitrogens with one attached hydrogen (secondary N) is 1. The van der Waals surface area contributed by atoms with Gasteiger partial charge in [0.2, 0.25) is 16.7 Å². The van der Waals surface area contributed by atoms with Crippen molar-refractivity contribution in [3.63, 3.8) is 0 Å². The average Bonchev–Trinajstić information content (AvgIpc) is 3.24. The number of amides is 3. The molecule has 0 saturated carbocycles. The number of halogens is 1. The molecule has 0 saturated heterocycles. The van der Waals surface area contributed by atoms with Gasteiger partial charge in [0.25, 0.3) is 5.91 Å². The molecule has 10 heteroatoms. The molecule has 1 spiro atoms. The second-order valence-corrected chi connectivity index (χ2v) is 9.41. The second-order valence-electron chi connectivity index (χ2n) is 7.80. The van der Waals surface area contributed by atoms with E-state index in [1.165, 1.54) is 13.8 Å². The van der Waals surface area contributed by atoms with E-state index in [1.807, 2.05) is 31.2 Å².